The monoisotopic (exact) mass is 264 g/mol. The minimum atomic E-state index is -2.76. The summed E-state index contributed by atoms with van der Waals surface area (Å²) in [6.07, 6.45) is -2.10. The van der Waals surface area contributed by atoms with Gasteiger partial charge in [-0.3, -0.25) is 9.78 Å². The van der Waals surface area contributed by atoms with Gasteiger partial charge in [-0.15, -0.1) is 0 Å². The summed E-state index contributed by atoms with van der Waals surface area (Å²) < 4.78 is 29.9. The summed E-state index contributed by atoms with van der Waals surface area (Å²) in [6.45, 7) is 0.0104. The molecule has 0 bridgehead atoms. The standard InChI is InChI=1S/C10H11ClF2N2O2/c1-17-8(16)2-5-6(10(12)13)4-15-7(3-14)9(5)11/h4,10H,2-3,14H2,1H3. The smallest absolute Gasteiger partial charge is 0.310 e. The van der Waals surface area contributed by atoms with Crippen molar-refractivity contribution in [3.05, 3.63) is 28.0 Å². The van der Waals surface area contributed by atoms with Crippen LogP contribution in [0.25, 0.3) is 0 Å². The summed E-state index contributed by atoms with van der Waals surface area (Å²) >= 11 is 5.88. The first kappa shape index (κ1) is 13.8. The summed E-state index contributed by atoms with van der Waals surface area (Å²) in [6, 6.07) is 0. The van der Waals surface area contributed by atoms with Crippen LogP contribution in [0.5, 0.6) is 0 Å². The first-order chi connectivity index (χ1) is 8.01. The van der Waals surface area contributed by atoms with Crippen molar-refractivity contribution in [1.29, 1.82) is 0 Å². The first-order valence-corrected chi connectivity index (χ1v) is 5.10. The number of carbonyl (C=O) groups is 1. The van der Waals surface area contributed by atoms with E-state index in [9.17, 15) is 13.6 Å². The van der Waals surface area contributed by atoms with Gasteiger partial charge in [0.1, 0.15) is 0 Å². The Balaban J connectivity index is 3.24. The maximum absolute atomic E-state index is 12.7. The van der Waals surface area contributed by atoms with E-state index in [0.717, 1.165) is 6.20 Å². The third-order valence-electron chi connectivity index (χ3n) is 2.20. The molecule has 0 aliphatic carbocycles. The fourth-order valence-electron chi connectivity index (χ4n) is 1.31. The summed E-state index contributed by atoms with van der Waals surface area (Å²) in [5, 5.41) is -0.00398. The molecule has 1 aromatic heterocycles. The zero-order valence-corrected chi connectivity index (χ0v) is 9.80. The molecule has 0 amide bonds. The molecule has 0 unspecified atom stereocenters. The number of nitrogens with zero attached hydrogens (tertiary/aromatic N) is 1. The molecule has 0 saturated carbocycles. The van der Waals surface area contributed by atoms with E-state index in [0.29, 0.717) is 0 Å². The summed E-state index contributed by atoms with van der Waals surface area (Å²) in [4.78, 5) is 14.9. The molecule has 0 radical (unpaired) electrons. The molecular weight excluding hydrogens is 254 g/mol. The second-order valence-electron chi connectivity index (χ2n) is 3.21. The average molecular weight is 265 g/mol. The zero-order valence-electron chi connectivity index (χ0n) is 9.04. The maximum atomic E-state index is 12.7. The van der Waals surface area contributed by atoms with Crippen LogP contribution in [-0.4, -0.2) is 18.1 Å². The molecule has 1 rings (SSSR count). The molecule has 2 N–H and O–H groups in total. The predicted molar refractivity (Wildman–Crippen MR) is 57.8 cm³/mol. The Kier molecular flexibility index (Phi) is 4.77. The van der Waals surface area contributed by atoms with Gasteiger partial charge < -0.3 is 10.5 Å². The zero-order chi connectivity index (χ0) is 13.0. The number of alkyl halides is 2. The molecule has 0 saturated heterocycles. The number of carbonyl (C=O) groups excluding carboxylic acids is 1. The number of ether oxygens (including phenoxy) is 1. The van der Waals surface area contributed by atoms with Crippen LogP contribution in [0.4, 0.5) is 8.78 Å². The summed E-state index contributed by atoms with van der Waals surface area (Å²) in [7, 11) is 1.17. The van der Waals surface area contributed by atoms with Crippen molar-refractivity contribution in [3.8, 4) is 0 Å². The largest absolute Gasteiger partial charge is 0.469 e. The number of rotatable bonds is 4. The Morgan fingerprint density at radius 1 is 1.65 bits per heavy atom. The fraction of sp³-hybridized carbons (Fsp3) is 0.400. The van der Waals surface area contributed by atoms with E-state index in [4.69, 9.17) is 17.3 Å². The fourth-order valence-corrected chi connectivity index (χ4v) is 1.61. The van der Waals surface area contributed by atoms with Crippen molar-refractivity contribution >= 4 is 17.6 Å². The Bertz CT molecular complexity index is 427. The van der Waals surface area contributed by atoms with Gasteiger partial charge in [-0.1, -0.05) is 11.6 Å². The van der Waals surface area contributed by atoms with Crippen LogP contribution in [0.3, 0.4) is 0 Å². The molecule has 17 heavy (non-hydrogen) atoms. The van der Waals surface area contributed by atoms with Gasteiger partial charge in [0, 0.05) is 18.3 Å². The van der Waals surface area contributed by atoms with Crippen molar-refractivity contribution in [3.63, 3.8) is 0 Å². The van der Waals surface area contributed by atoms with Crippen LogP contribution in [0.2, 0.25) is 5.02 Å². The Hall–Kier alpha value is -1.27. The van der Waals surface area contributed by atoms with Crippen molar-refractivity contribution in [2.24, 2.45) is 5.73 Å². The van der Waals surface area contributed by atoms with Gasteiger partial charge in [0.05, 0.1) is 24.2 Å². The van der Waals surface area contributed by atoms with Gasteiger partial charge >= 0.3 is 5.97 Å². The lowest BCUT2D eigenvalue weighted by Gasteiger charge is -2.12. The quantitative estimate of drug-likeness (QED) is 0.843. The molecule has 0 fully saturated rings. The number of methoxy groups -OCH3 is 1. The molecule has 4 nitrogen and oxygen atoms in total. The van der Waals surface area contributed by atoms with Crippen molar-refractivity contribution in [2.45, 2.75) is 19.4 Å². The Morgan fingerprint density at radius 3 is 2.76 bits per heavy atom. The van der Waals surface area contributed by atoms with Crippen LogP contribution >= 0.6 is 11.6 Å². The maximum Gasteiger partial charge on any atom is 0.310 e. The number of hydrogen-bond donors (Lipinski definition) is 1. The highest BCUT2D eigenvalue weighted by molar-refractivity contribution is 6.32. The van der Waals surface area contributed by atoms with Gasteiger partial charge in [-0.25, -0.2) is 8.78 Å². The van der Waals surface area contributed by atoms with Crippen LogP contribution < -0.4 is 5.73 Å². The van der Waals surface area contributed by atoms with Gasteiger partial charge in [-0.05, 0) is 5.56 Å². The molecule has 0 aliphatic heterocycles. The number of esters is 1. The SMILES string of the molecule is COC(=O)Cc1c(C(F)F)cnc(CN)c1Cl. The number of hydrogen-bond acceptors (Lipinski definition) is 4. The third kappa shape index (κ3) is 3.10. The van der Waals surface area contributed by atoms with Crippen LogP contribution in [0.15, 0.2) is 6.20 Å². The van der Waals surface area contributed by atoms with Crippen molar-refractivity contribution in [2.75, 3.05) is 7.11 Å². The lowest BCUT2D eigenvalue weighted by atomic mass is 10.1. The van der Waals surface area contributed by atoms with Gasteiger partial charge in [0.2, 0.25) is 0 Å². The summed E-state index contributed by atoms with van der Waals surface area (Å²) in [5.41, 5.74) is 5.27. The molecular formula is C10H11ClF2N2O2. The van der Waals surface area contributed by atoms with Crippen LogP contribution in [0.1, 0.15) is 23.2 Å². The topological polar surface area (TPSA) is 65.2 Å². The molecule has 7 heteroatoms. The number of aromatic nitrogens is 1. The van der Waals surface area contributed by atoms with E-state index in [1.807, 2.05) is 0 Å². The molecule has 0 aliphatic rings. The highest BCUT2D eigenvalue weighted by Crippen LogP contribution is 2.30. The van der Waals surface area contributed by atoms with E-state index >= 15 is 0 Å². The molecule has 0 spiro atoms. The molecule has 0 atom stereocenters. The van der Waals surface area contributed by atoms with Crippen molar-refractivity contribution < 1.29 is 18.3 Å². The van der Waals surface area contributed by atoms with E-state index < -0.39 is 12.4 Å². The normalized spacial score (nSPS) is 10.7. The van der Waals surface area contributed by atoms with E-state index in [1.54, 1.807) is 0 Å². The first-order valence-electron chi connectivity index (χ1n) is 4.72. The molecule has 1 aromatic rings. The summed E-state index contributed by atoms with van der Waals surface area (Å²) in [5.74, 6) is -0.650. The number of nitrogens with two attached hydrogens (primary N) is 1. The highest BCUT2D eigenvalue weighted by atomic mass is 35.5. The van der Waals surface area contributed by atoms with E-state index in [1.165, 1.54) is 7.11 Å². The lowest BCUT2D eigenvalue weighted by Crippen LogP contribution is -2.11. The van der Waals surface area contributed by atoms with Crippen molar-refractivity contribution in [1.82, 2.24) is 4.98 Å². The minimum Gasteiger partial charge on any atom is -0.469 e. The molecule has 94 valence electrons. The third-order valence-corrected chi connectivity index (χ3v) is 2.65. The van der Waals surface area contributed by atoms with Gasteiger partial charge in [0.25, 0.3) is 6.43 Å². The van der Waals surface area contributed by atoms with Gasteiger partial charge in [-0.2, -0.15) is 0 Å². The van der Waals surface area contributed by atoms with E-state index in [2.05, 4.69) is 9.72 Å². The second-order valence-corrected chi connectivity index (χ2v) is 3.59. The van der Waals surface area contributed by atoms with Gasteiger partial charge in [0.15, 0.2) is 0 Å². The van der Waals surface area contributed by atoms with Crippen LogP contribution in [0, 0.1) is 0 Å². The minimum absolute atomic E-state index is 0.00398. The molecule has 1 heterocycles. The Morgan fingerprint density at radius 2 is 2.29 bits per heavy atom. The number of halogens is 3. The predicted octanol–water partition coefficient (Wildman–Crippen LogP) is 1.85. The molecule has 0 aromatic carbocycles. The van der Waals surface area contributed by atoms with Crippen LogP contribution in [-0.2, 0) is 22.5 Å². The number of pyridine rings is 1. The Labute approximate surface area is 102 Å². The highest BCUT2D eigenvalue weighted by Gasteiger charge is 2.21. The average Bonchev–Trinajstić information content (AvgIpc) is 2.30. The van der Waals surface area contributed by atoms with E-state index in [-0.39, 0.29) is 34.8 Å². The lowest BCUT2D eigenvalue weighted by molar-refractivity contribution is -0.139. The second kappa shape index (κ2) is 5.88.